The van der Waals surface area contributed by atoms with Gasteiger partial charge in [0.2, 0.25) is 0 Å². The molecule has 9 nitrogen and oxygen atoms in total. The molecular weight excluding hydrogens is 603 g/mol. The highest BCUT2D eigenvalue weighted by Crippen LogP contribution is 2.26. The minimum atomic E-state index is -0.288. The number of para-hydroxylation sites is 1. The molecule has 1 amide bonds. The van der Waals surface area contributed by atoms with Crippen molar-refractivity contribution in [3.8, 4) is 17.2 Å². The van der Waals surface area contributed by atoms with E-state index in [4.69, 9.17) is 4.74 Å². The molecule has 0 aliphatic heterocycles. The van der Waals surface area contributed by atoms with Gasteiger partial charge in [0.1, 0.15) is 0 Å². The topological polar surface area (TPSA) is 114 Å². The molecule has 0 saturated carbocycles. The first-order valence-electron chi connectivity index (χ1n) is 11.3. The number of nitrogens with zero attached hydrogens (tertiary/aromatic N) is 4. The number of hydrazone groups is 1. The number of carbonyl (C=O) groups is 1. The third kappa shape index (κ3) is 7.01. The van der Waals surface area contributed by atoms with Crippen LogP contribution >= 0.6 is 34.4 Å². The van der Waals surface area contributed by atoms with Gasteiger partial charge in [-0.2, -0.15) is 5.10 Å². The fraction of sp³-hybridized carbons (Fsp3) is 0.154. The maximum absolute atomic E-state index is 12.4. The molecule has 0 fully saturated rings. The van der Waals surface area contributed by atoms with Gasteiger partial charge in [-0.3, -0.25) is 9.36 Å². The quantitative estimate of drug-likeness (QED) is 0.101. The molecule has 37 heavy (non-hydrogen) atoms. The number of ether oxygens (including phenoxy) is 1. The summed E-state index contributed by atoms with van der Waals surface area (Å²) in [6.07, 6.45) is 1.48. The molecule has 0 radical (unpaired) electrons. The zero-order valence-electron chi connectivity index (χ0n) is 20.2. The summed E-state index contributed by atoms with van der Waals surface area (Å²) in [4.78, 5) is 12.4. The van der Waals surface area contributed by atoms with Gasteiger partial charge in [0.25, 0.3) is 5.91 Å². The minimum Gasteiger partial charge on any atom is -0.504 e. The summed E-state index contributed by atoms with van der Waals surface area (Å²) < 4.78 is 8.20. The van der Waals surface area contributed by atoms with Crippen LogP contribution in [0.5, 0.6) is 11.5 Å². The van der Waals surface area contributed by atoms with E-state index in [-0.39, 0.29) is 17.4 Å². The van der Waals surface area contributed by atoms with Crippen LogP contribution in [0.2, 0.25) is 0 Å². The molecule has 4 rings (SSSR count). The van der Waals surface area contributed by atoms with Gasteiger partial charge in [0.15, 0.2) is 22.5 Å². The zero-order valence-corrected chi connectivity index (χ0v) is 23.2. The van der Waals surface area contributed by atoms with E-state index < -0.39 is 0 Å². The van der Waals surface area contributed by atoms with Crippen LogP contribution in [0.3, 0.4) is 0 Å². The molecule has 0 atom stereocenters. The van der Waals surface area contributed by atoms with Crippen molar-refractivity contribution >= 4 is 52.2 Å². The van der Waals surface area contributed by atoms with Crippen molar-refractivity contribution in [2.24, 2.45) is 5.10 Å². The molecule has 3 aromatic carbocycles. The number of nitrogens with one attached hydrogen (secondary N) is 2. The number of carbonyl (C=O) groups excluding carboxylic acids is 1. The van der Waals surface area contributed by atoms with Crippen molar-refractivity contribution in [2.45, 2.75) is 18.6 Å². The van der Waals surface area contributed by atoms with Crippen molar-refractivity contribution in [2.75, 3.05) is 18.2 Å². The Morgan fingerprint density at radius 2 is 1.97 bits per heavy atom. The summed E-state index contributed by atoms with van der Waals surface area (Å²) in [6, 6.07) is 20.8. The number of anilines is 1. The van der Waals surface area contributed by atoms with Gasteiger partial charge in [-0.25, -0.2) is 5.43 Å². The van der Waals surface area contributed by atoms with Crippen LogP contribution in [0.4, 0.5) is 5.69 Å². The first kappa shape index (κ1) is 26.5. The highest BCUT2D eigenvalue weighted by Gasteiger charge is 2.16. The number of phenolic OH excluding ortho intramolecular Hbond substituents is 1. The van der Waals surface area contributed by atoms with Crippen molar-refractivity contribution in [1.29, 1.82) is 0 Å². The van der Waals surface area contributed by atoms with Crippen LogP contribution in [0.15, 0.2) is 77.0 Å². The van der Waals surface area contributed by atoms with Gasteiger partial charge in [-0.05, 0) is 89.2 Å². The largest absolute Gasteiger partial charge is 0.504 e. The number of benzene rings is 3. The van der Waals surface area contributed by atoms with Gasteiger partial charge in [0, 0.05) is 14.9 Å². The van der Waals surface area contributed by atoms with E-state index in [1.165, 1.54) is 34.7 Å². The SMILES string of the molecule is COc1cc(C=NNC(=O)CSc2nnc(CNc3ccc(I)cc3C)n2-c2ccccc2)ccc1O. The zero-order chi connectivity index (χ0) is 26.2. The Morgan fingerprint density at radius 1 is 1.16 bits per heavy atom. The van der Waals surface area contributed by atoms with E-state index in [2.05, 4.69) is 73.8 Å². The van der Waals surface area contributed by atoms with Gasteiger partial charge in [-0.1, -0.05) is 30.0 Å². The normalized spacial score (nSPS) is 11.0. The smallest absolute Gasteiger partial charge is 0.250 e. The summed E-state index contributed by atoms with van der Waals surface area (Å²) in [5.41, 5.74) is 6.27. The molecule has 0 saturated heterocycles. The third-order valence-corrected chi connectivity index (χ3v) is 6.88. The van der Waals surface area contributed by atoms with Gasteiger partial charge in [-0.15, -0.1) is 10.2 Å². The lowest BCUT2D eigenvalue weighted by Gasteiger charge is -2.12. The molecule has 190 valence electrons. The lowest BCUT2D eigenvalue weighted by molar-refractivity contribution is -0.118. The van der Waals surface area contributed by atoms with E-state index in [1.54, 1.807) is 12.1 Å². The molecule has 3 N–H and O–H groups in total. The van der Waals surface area contributed by atoms with Crippen molar-refractivity contribution < 1.29 is 14.6 Å². The number of thioether (sulfide) groups is 1. The molecule has 0 bridgehead atoms. The predicted octanol–water partition coefficient (Wildman–Crippen LogP) is 4.75. The Morgan fingerprint density at radius 3 is 2.73 bits per heavy atom. The average molecular weight is 628 g/mol. The van der Waals surface area contributed by atoms with Crippen LogP contribution in [0.25, 0.3) is 5.69 Å². The predicted molar refractivity (Wildman–Crippen MR) is 154 cm³/mol. The van der Waals surface area contributed by atoms with E-state index in [9.17, 15) is 9.90 Å². The van der Waals surface area contributed by atoms with E-state index in [0.29, 0.717) is 23.0 Å². The van der Waals surface area contributed by atoms with Crippen molar-refractivity contribution in [3.63, 3.8) is 0 Å². The van der Waals surface area contributed by atoms with Gasteiger partial charge >= 0.3 is 0 Å². The molecule has 4 aromatic rings. The Hall–Kier alpha value is -3.58. The van der Waals surface area contributed by atoms with Gasteiger partial charge in [0.05, 0.1) is 25.6 Å². The summed E-state index contributed by atoms with van der Waals surface area (Å²) >= 11 is 3.57. The highest BCUT2D eigenvalue weighted by atomic mass is 127. The van der Waals surface area contributed by atoms with Crippen LogP contribution in [0.1, 0.15) is 17.0 Å². The number of aryl methyl sites for hydroxylation is 1. The van der Waals surface area contributed by atoms with Crippen LogP contribution in [0, 0.1) is 10.5 Å². The lowest BCUT2D eigenvalue weighted by atomic mass is 10.2. The number of rotatable bonds is 10. The van der Waals surface area contributed by atoms with Crippen LogP contribution < -0.4 is 15.5 Å². The Bertz CT molecular complexity index is 1410. The lowest BCUT2D eigenvalue weighted by Crippen LogP contribution is -2.20. The molecule has 0 unspecified atom stereocenters. The summed E-state index contributed by atoms with van der Waals surface area (Å²) in [6.45, 7) is 2.53. The maximum atomic E-state index is 12.4. The number of amides is 1. The first-order valence-corrected chi connectivity index (χ1v) is 13.3. The average Bonchev–Trinajstić information content (AvgIpc) is 3.31. The number of hydrogen-bond acceptors (Lipinski definition) is 8. The standard InChI is InChI=1S/C26H25IN6O3S/c1-17-12-19(27)9-10-21(17)28-15-24-30-32-26(33(24)20-6-4-3-5-7-20)37-16-25(35)31-29-14-18-8-11-22(34)23(13-18)36-2/h3-14,28,34H,15-16H2,1-2H3,(H,31,35). The van der Waals surface area contributed by atoms with Crippen LogP contribution in [-0.4, -0.2) is 44.9 Å². The molecule has 0 aliphatic rings. The second kappa shape index (κ2) is 12.6. The molecule has 1 aromatic heterocycles. The number of aromatic nitrogens is 3. The monoisotopic (exact) mass is 628 g/mol. The highest BCUT2D eigenvalue weighted by molar-refractivity contribution is 14.1. The Kier molecular flexibility index (Phi) is 9.01. The number of halogens is 1. The molecule has 1 heterocycles. The van der Waals surface area contributed by atoms with E-state index >= 15 is 0 Å². The summed E-state index contributed by atoms with van der Waals surface area (Å²) in [5.74, 6) is 0.903. The first-order chi connectivity index (χ1) is 17.9. The summed E-state index contributed by atoms with van der Waals surface area (Å²) in [7, 11) is 1.47. The van der Waals surface area contributed by atoms with E-state index in [0.717, 1.165) is 22.8 Å². The van der Waals surface area contributed by atoms with Crippen LogP contribution in [-0.2, 0) is 11.3 Å². The number of aromatic hydroxyl groups is 1. The molecule has 0 aliphatic carbocycles. The molecule has 0 spiro atoms. The molecular formula is C26H25IN6O3S. The number of methoxy groups -OCH3 is 1. The van der Waals surface area contributed by atoms with Crippen molar-refractivity contribution in [3.05, 3.63) is 87.3 Å². The van der Waals surface area contributed by atoms with Gasteiger partial charge < -0.3 is 15.2 Å². The fourth-order valence-corrected chi connectivity index (χ4v) is 4.87. The molecule has 11 heteroatoms. The number of phenols is 1. The van der Waals surface area contributed by atoms with E-state index in [1.807, 2.05) is 34.9 Å². The Balaban J connectivity index is 1.43. The second-order valence-corrected chi connectivity index (χ2v) is 10.1. The summed E-state index contributed by atoms with van der Waals surface area (Å²) in [5, 5.41) is 26.5. The second-order valence-electron chi connectivity index (χ2n) is 7.90. The Labute approximate surface area is 232 Å². The maximum Gasteiger partial charge on any atom is 0.250 e. The minimum absolute atomic E-state index is 0.0332. The van der Waals surface area contributed by atoms with Crippen molar-refractivity contribution in [1.82, 2.24) is 20.2 Å². The number of hydrogen-bond donors (Lipinski definition) is 3. The fourth-order valence-electron chi connectivity index (χ4n) is 3.46. The third-order valence-electron chi connectivity index (χ3n) is 5.28.